The Hall–Kier alpha value is -1.68. The van der Waals surface area contributed by atoms with Crippen molar-refractivity contribution in [3.05, 3.63) is 35.8 Å². The summed E-state index contributed by atoms with van der Waals surface area (Å²) >= 11 is 0. The summed E-state index contributed by atoms with van der Waals surface area (Å²) in [7, 11) is 0. The molecular formula is C16H20FN3. The van der Waals surface area contributed by atoms with Crippen molar-refractivity contribution >= 4 is 16.6 Å². The smallest absolute Gasteiger partial charge is 0.130 e. The number of halogens is 1. The lowest BCUT2D eigenvalue weighted by Crippen LogP contribution is -2.42. The number of anilines is 1. The standard InChI is InChI=1S/C16H20FN3/c1-10-6-12(9-18-8-10)20-15-7-14(17)11(2)16-13(15)4-3-5-19-16/h3-5,7,10,12,18,20H,6,8-9H2,1-2H3/t10-,12-/m0/s1. The van der Waals surface area contributed by atoms with Crippen molar-refractivity contribution in [2.24, 2.45) is 5.92 Å². The van der Waals surface area contributed by atoms with Crippen LogP contribution in [0, 0.1) is 18.7 Å². The molecule has 1 fully saturated rings. The van der Waals surface area contributed by atoms with Crippen molar-refractivity contribution in [3.63, 3.8) is 0 Å². The highest BCUT2D eigenvalue weighted by atomic mass is 19.1. The van der Waals surface area contributed by atoms with Gasteiger partial charge in [-0.3, -0.25) is 4.98 Å². The largest absolute Gasteiger partial charge is 0.380 e. The number of rotatable bonds is 2. The van der Waals surface area contributed by atoms with Gasteiger partial charge >= 0.3 is 0 Å². The number of hydrogen-bond donors (Lipinski definition) is 2. The molecule has 0 unspecified atom stereocenters. The molecule has 2 heterocycles. The van der Waals surface area contributed by atoms with E-state index in [4.69, 9.17) is 0 Å². The Balaban J connectivity index is 1.97. The second-order valence-electron chi connectivity index (χ2n) is 5.77. The van der Waals surface area contributed by atoms with Crippen LogP contribution in [-0.4, -0.2) is 24.1 Å². The molecule has 2 atom stereocenters. The van der Waals surface area contributed by atoms with Gasteiger partial charge < -0.3 is 10.6 Å². The lowest BCUT2D eigenvalue weighted by molar-refractivity contribution is 0.378. The van der Waals surface area contributed by atoms with E-state index in [0.29, 0.717) is 17.5 Å². The molecule has 0 bridgehead atoms. The average molecular weight is 273 g/mol. The lowest BCUT2D eigenvalue weighted by Gasteiger charge is -2.29. The molecular weight excluding hydrogens is 253 g/mol. The zero-order valence-electron chi connectivity index (χ0n) is 11.9. The van der Waals surface area contributed by atoms with Crippen LogP contribution in [-0.2, 0) is 0 Å². The van der Waals surface area contributed by atoms with Crippen LogP contribution < -0.4 is 10.6 Å². The average Bonchev–Trinajstić information content (AvgIpc) is 2.45. The van der Waals surface area contributed by atoms with Crippen LogP contribution in [0.3, 0.4) is 0 Å². The predicted molar refractivity (Wildman–Crippen MR) is 80.5 cm³/mol. The summed E-state index contributed by atoms with van der Waals surface area (Å²) < 4.78 is 14.0. The molecule has 3 rings (SSSR count). The van der Waals surface area contributed by atoms with E-state index in [9.17, 15) is 4.39 Å². The van der Waals surface area contributed by atoms with E-state index in [-0.39, 0.29) is 5.82 Å². The maximum absolute atomic E-state index is 14.0. The maximum atomic E-state index is 14.0. The summed E-state index contributed by atoms with van der Waals surface area (Å²) in [5.74, 6) is 0.441. The first kappa shape index (κ1) is 13.3. The number of nitrogens with zero attached hydrogens (tertiary/aromatic N) is 1. The first-order valence-corrected chi connectivity index (χ1v) is 7.16. The minimum Gasteiger partial charge on any atom is -0.380 e. The van der Waals surface area contributed by atoms with E-state index in [2.05, 4.69) is 22.5 Å². The number of hydrogen-bond acceptors (Lipinski definition) is 3. The van der Waals surface area contributed by atoms with Gasteiger partial charge in [-0.15, -0.1) is 0 Å². The minimum atomic E-state index is -0.199. The second kappa shape index (κ2) is 5.37. The topological polar surface area (TPSA) is 37.0 Å². The van der Waals surface area contributed by atoms with Crippen molar-refractivity contribution < 1.29 is 4.39 Å². The Morgan fingerprint density at radius 2 is 2.25 bits per heavy atom. The highest BCUT2D eigenvalue weighted by Crippen LogP contribution is 2.28. The summed E-state index contributed by atoms with van der Waals surface area (Å²) in [5.41, 5.74) is 2.20. The maximum Gasteiger partial charge on any atom is 0.130 e. The van der Waals surface area contributed by atoms with Gasteiger partial charge in [-0.05, 0) is 44.0 Å². The Morgan fingerprint density at radius 3 is 3.05 bits per heavy atom. The molecule has 1 aliphatic heterocycles. The van der Waals surface area contributed by atoms with Crippen LogP contribution in [0.1, 0.15) is 18.9 Å². The molecule has 4 heteroatoms. The first-order valence-electron chi connectivity index (χ1n) is 7.16. The third-order valence-corrected chi connectivity index (χ3v) is 4.01. The number of pyridine rings is 1. The molecule has 1 aromatic heterocycles. The predicted octanol–water partition coefficient (Wildman–Crippen LogP) is 3.09. The van der Waals surface area contributed by atoms with Gasteiger partial charge in [0, 0.05) is 35.4 Å². The third kappa shape index (κ3) is 2.48. The second-order valence-corrected chi connectivity index (χ2v) is 5.77. The monoisotopic (exact) mass is 273 g/mol. The van der Waals surface area contributed by atoms with Gasteiger partial charge in [0.15, 0.2) is 0 Å². The van der Waals surface area contributed by atoms with Gasteiger partial charge in [0.1, 0.15) is 5.82 Å². The third-order valence-electron chi connectivity index (χ3n) is 4.01. The molecule has 2 aromatic rings. The molecule has 1 aromatic carbocycles. The van der Waals surface area contributed by atoms with Gasteiger partial charge in [-0.25, -0.2) is 4.39 Å². The fourth-order valence-electron chi connectivity index (χ4n) is 2.95. The van der Waals surface area contributed by atoms with Gasteiger partial charge in [0.05, 0.1) is 5.52 Å². The molecule has 1 saturated heterocycles. The highest BCUT2D eigenvalue weighted by Gasteiger charge is 2.19. The van der Waals surface area contributed by atoms with Crippen LogP contribution >= 0.6 is 0 Å². The molecule has 0 radical (unpaired) electrons. The summed E-state index contributed by atoms with van der Waals surface area (Å²) in [5, 5.41) is 7.88. The van der Waals surface area contributed by atoms with Crippen LogP contribution in [0.15, 0.2) is 24.4 Å². The molecule has 0 amide bonds. The van der Waals surface area contributed by atoms with E-state index in [1.54, 1.807) is 19.2 Å². The number of nitrogens with one attached hydrogen (secondary N) is 2. The van der Waals surface area contributed by atoms with Crippen LogP contribution in [0.5, 0.6) is 0 Å². The zero-order valence-corrected chi connectivity index (χ0v) is 11.9. The van der Waals surface area contributed by atoms with Crippen LogP contribution in [0.25, 0.3) is 10.9 Å². The van der Waals surface area contributed by atoms with Crippen molar-refractivity contribution in [1.82, 2.24) is 10.3 Å². The molecule has 106 valence electrons. The van der Waals surface area contributed by atoms with Gasteiger partial charge in [0.2, 0.25) is 0 Å². The molecule has 2 N–H and O–H groups in total. The van der Waals surface area contributed by atoms with Crippen LogP contribution in [0.2, 0.25) is 0 Å². The van der Waals surface area contributed by atoms with Gasteiger partial charge in [-0.1, -0.05) is 6.92 Å². The lowest BCUT2D eigenvalue weighted by atomic mass is 9.97. The van der Waals surface area contributed by atoms with Crippen LogP contribution in [0.4, 0.5) is 10.1 Å². The van der Waals surface area contributed by atoms with E-state index in [1.165, 1.54) is 0 Å². The Morgan fingerprint density at radius 1 is 1.40 bits per heavy atom. The van der Waals surface area contributed by atoms with Gasteiger partial charge in [0.25, 0.3) is 0 Å². The first-order chi connectivity index (χ1) is 9.65. The van der Waals surface area contributed by atoms with E-state index in [0.717, 1.165) is 36.1 Å². The Kier molecular flexibility index (Phi) is 3.57. The minimum absolute atomic E-state index is 0.199. The van der Waals surface area contributed by atoms with E-state index in [1.807, 2.05) is 12.1 Å². The van der Waals surface area contributed by atoms with E-state index >= 15 is 0 Å². The summed E-state index contributed by atoms with van der Waals surface area (Å²) in [4.78, 5) is 4.31. The van der Waals surface area contributed by atoms with Gasteiger partial charge in [-0.2, -0.15) is 0 Å². The molecule has 1 aliphatic rings. The summed E-state index contributed by atoms with van der Waals surface area (Å²) in [6.45, 7) is 5.99. The molecule has 3 nitrogen and oxygen atoms in total. The molecule has 0 aliphatic carbocycles. The summed E-state index contributed by atoms with van der Waals surface area (Å²) in [6.07, 6.45) is 2.81. The zero-order chi connectivity index (χ0) is 14.1. The SMILES string of the molecule is Cc1c(F)cc(N[C@@H]2CNC[C@@H](C)C2)c2cccnc12. The molecule has 0 spiro atoms. The Labute approximate surface area is 118 Å². The fraction of sp³-hybridized carbons (Fsp3) is 0.438. The number of aryl methyl sites for hydroxylation is 1. The Bertz CT molecular complexity index is 626. The number of aromatic nitrogens is 1. The number of piperidine rings is 1. The highest BCUT2D eigenvalue weighted by molar-refractivity contribution is 5.93. The fourth-order valence-corrected chi connectivity index (χ4v) is 2.95. The normalized spacial score (nSPS) is 22.9. The number of benzene rings is 1. The van der Waals surface area contributed by atoms with Crippen molar-refractivity contribution in [3.8, 4) is 0 Å². The molecule has 20 heavy (non-hydrogen) atoms. The van der Waals surface area contributed by atoms with E-state index < -0.39 is 0 Å². The number of fused-ring (bicyclic) bond motifs is 1. The van der Waals surface area contributed by atoms with Crippen molar-refractivity contribution in [2.45, 2.75) is 26.3 Å². The quantitative estimate of drug-likeness (QED) is 0.883. The van der Waals surface area contributed by atoms with Crippen molar-refractivity contribution in [1.29, 1.82) is 0 Å². The summed E-state index contributed by atoms with van der Waals surface area (Å²) in [6, 6.07) is 5.83. The molecule has 0 saturated carbocycles. The van der Waals surface area contributed by atoms with Crippen molar-refractivity contribution in [2.75, 3.05) is 18.4 Å².